The fourth-order valence-electron chi connectivity index (χ4n) is 3.19. The molecule has 0 aliphatic heterocycles. The number of rotatable bonds is 4. The van der Waals surface area contributed by atoms with Gasteiger partial charge in [-0.2, -0.15) is 18.3 Å². The van der Waals surface area contributed by atoms with E-state index in [1.807, 2.05) is 19.1 Å². The lowest BCUT2D eigenvalue weighted by Crippen LogP contribution is -2.17. The Hall–Kier alpha value is -3.65. The summed E-state index contributed by atoms with van der Waals surface area (Å²) in [5.41, 5.74) is 1.12. The van der Waals surface area contributed by atoms with Crippen molar-refractivity contribution in [1.82, 2.24) is 9.78 Å². The number of hydrogen-bond acceptors (Lipinski definition) is 2. The van der Waals surface area contributed by atoms with Gasteiger partial charge in [0.25, 0.3) is 5.91 Å². The Labute approximate surface area is 191 Å². The van der Waals surface area contributed by atoms with Crippen molar-refractivity contribution in [2.24, 2.45) is 0 Å². The second kappa shape index (κ2) is 8.71. The number of aromatic nitrogens is 2. The fraction of sp³-hybridized carbons (Fsp3) is 0.0833. The van der Waals surface area contributed by atoms with Crippen LogP contribution in [0.1, 0.15) is 21.5 Å². The van der Waals surface area contributed by atoms with E-state index in [0.717, 1.165) is 11.6 Å². The van der Waals surface area contributed by atoms with Crippen molar-refractivity contribution in [2.75, 3.05) is 5.32 Å². The molecule has 0 spiro atoms. The van der Waals surface area contributed by atoms with Gasteiger partial charge in [-0.25, -0.2) is 9.07 Å². The van der Waals surface area contributed by atoms with Crippen LogP contribution in [0.2, 0.25) is 5.02 Å². The number of carbonyl (C=O) groups excluding carboxylic acids is 1. The number of hydrogen-bond donors (Lipinski definition) is 1. The van der Waals surface area contributed by atoms with Crippen LogP contribution in [0.15, 0.2) is 72.8 Å². The van der Waals surface area contributed by atoms with E-state index in [2.05, 4.69) is 10.4 Å². The number of carbonyl (C=O) groups is 1. The molecule has 4 nitrogen and oxygen atoms in total. The number of aryl methyl sites for hydroxylation is 1. The predicted molar refractivity (Wildman–Crippen MR) is 118 cm³/mol. The summed E-state index contributed by atoms with van der Waals surface area (Å²) in [5.74, 6) is -1.87. The van der Waals surface area contributed by atoms with Crippen LogP contribution in [0.3, 0.4) is 0 Å². The molecule has 4 rings (SSSR count). The minimum absolute atomic E-state index is 0.201. The zero-order valence-corrected chi connectivity index (χ0v) is 17.9. The molecule has 0 saturated carbocycles. The molecule has 33 heavy (non-hydrogen) atoms. The summed E-state index contributed by atoms with van der Waals surface area (Å²) in [5, 5.41) is 7.62. The number of nitrogens with zero attached hydrogens (tertiary/aromatic N) is 2. The molecule has 9 heteroatoms. The number of halogens is 5. The van der Waals surface area contributed by atoms with E-state index >= 15 is 0 Å². The van der Waals surface area contributed by atoms with Crippen LogP contribution in [-0.2, 0) is 6.18 Å². The maximum atomic E-state index is 13.8. The molecule has 0 bridgehead atoms. The fourth-order valence-corrected chi connectivity index (χ4v) is 3.31. The lowest BCUT2D eigenvalue weighted by atomic mass is 10.1. The summed E-state index contributed by atoms with van der Waals surface area (Å²) in [6.45, 7) is 1.91. The molecule has 0 saturated heterocycles. The predicted octanol–water partition coefficient (Wildman–Crippen LogP) is 6.91. The van der Waals surface area contributed by atoms with Crippen LogP contribution in [-0.4, -0.2) is 15.7 Å². The highest BCUT2D eigenvalue weighted by atomic mass is 35.5. The molecule has 4 aromatic rings. The van der Waals surface area contributed by atoms with Crippen molar-refractivity contribution in [3.05, 3.63) is 100 Å². The number of nitrogens with one attached hydrogen (secondary N) is 1. The van der Waals surface area contributed by atoms with Crippen molar-refractivity contribution >= 4 is 23.3 Å². The van der Waals surface area contributed by atoms with Gasteiger partial charge >= 0.3 is 6.18 Å². The standard InChI is InChI=1S/C24H16ClF4N3O/c1-14-2-8-20(9-3-14)32-22(13-21(31-32)15-4-6-18(25)7-5-15)30-23(33)16-10-17(24(27,28)29)12-19(26)11-16/h2-13H,1H3,(H,30,33). The Morgan fingerprint density at radius 2 is 1.64 bits per heavy atom. The maximum absolute atomic E-state index is 13.8. The largest absolute Gasteiger partial charge is 0.416 e. The summed E-state index contributed by atoms with van der Waals surface area (Å²) in [6.07, 6.45) is -4.79. The van der Waals surface area contributed by atoms with Crippen LogP contribution >= 0.6 is 11.6 Å². The van der Waals surface area contributed by atoms with Crippen LogP contribution < -0.4 is 5.32 Å². The SMILES string of the molecule is Cc1ccc(-n2nc(-c3ccc(Cl)cc3)cc2NC(=O)c2cc(F)cc(C(F)(F)F)c2)cc1. The van der Waals surface area contributed by atoms with Gasteiger partial charge in [-0.15, -0.1) is 0 Å². The highest BCUT2D eigenvalue weighted by Crippen LogP contribution is 2.31. The van der Waals surface area contributed by atoms with Gasteiger partial charge in [0.1, 0.15) is 11.6 Å². The lowest BCUT2D eigenvalue weighted by molar-refractivity contribution is -0.137. The molecule has 1 heterocycles. The van der Waals surface area contributed by atoms with E-state index in [1.165, 1.54) is 4.68 Å². The van der Waals surface area contributed by atoms with Crippen molar-refractivity contribution in [2.45, 2.75) is 13.1 Å². The Balaban J connectivity index is 1.75. The van der Waals surface area contributed by atoms with Crippen LogP contribution in [0, 0.1) is 12.7 Å². The minimum Gasteiger partial charge on any atom is -0.306 e. The van der Waals surface area contributed by atoms with Gasteiger partial charge in [-0.05, 0) is 49.4 Å². The summed E-state index contributed by atoms with van der Waals surface area (Å²) >= 11 is 5.95. The van der Waals surface area contributed by atoms with Gasteiger partial charge in [0.15, 0.2) is 0 Å². The highest BCUT2D eigenvalue weighted by molar-refractivity contribution is 6.30. The van der Waals surface area contributed by atoms with Gasteiger partial charge in [-0.3, -0.25) is 4.79 Å². The third-order valence-corrected chi connectivity index (χ3v) is 5.11. The monoisotopic (exact) mass is 473 g/mol. The normalized spacial score (nSPS) is 11.5. The van der Waals surface area contributed by atoms with E-state index < -0.39 is 29.0 Å². The van der Waals surface area contributed by atoms with Crippen LogP contribution in [0.4, 0.5) is 23.4 Å². The molecule has 168 valence electrons. The second-order valence-electron chi connectivity index (χ2n) is 7.35. The molecule has 3 aromatic carbocycles. The third kappa shape index (κ3) is 5.06. The lowest BCUT2D eigenvalue weighted by Gasteiger charge is -2.11. The second-order valence-corrected chi connectivity index (χ2v) is 7.79. The van der Waals surface area contributed by atoms with E-state index in [-0.39, 0.29) is 5.82 Å². The summed E-state index contributed by atoms with van der Waals surface area (Å²) < 4.78 is 54.4. The highest BCUT2D eigenvalue weighted by Gasteiger charge is 2.32. The van der Waals surface area contributed by atoms with E-state index in [0.29, 0.717) is 34.1 Å². The Kier molecular flexibility index (Phi) is 5.95. The molecule has 0 fully saturated rings. The molecule has 0 unspecified atom stereocenters. The first-order valence-electron chi connectivity index (χ1n) is 9.72. The van der Waals surface area contributed by atoms with Crippen molar-refractivity contribution < 1.29 is 22.4 Å². The van der Waals surface area contributed by atoms with Gasteiger partial charge < -0.3 is 5.32 Å². The van der Waals surface area contributed by atoms with Crippen molar-refractivity contribution in [1.29, 1.82) is 0 Å². The molecule has 0 atom stereocenters. The Morgan fingerprint density at radius 1 is 0.970 bits per heavy atom. The Bertz CT molecular complexity index is 1310. The Morgan fingerprint density at radius 3 is 2.27 bits per heavy atom. The first-order valence-corrected chi connectivity index (χ1v) is 10.1. The number of amides is 1. The number of anilines is 1. The smallest absolute Gasteiger partial charge is 0.306 e. The number of benzene rings is 3. The third-order valence-electron chi connectivity index (χ3n) is 4.86. The first-order chi connectivity index (χ1) is 15.6. The van der Waals surface area contributed by atoms with E-state index in [1.54, 1.807) is 42.5 Å². The molecular formula is C24H16ClF4N3O. The average molecular weight is 474 g/mol. The summed E-state index contributed by atoms with van der Waals surface area (Å²) in [6, 6.07) is 17.4. The van der Waals surface area contributed by atoms with Gasteiger partial charge in [0.2, 0.25) is 0 Å². The number of alkyl halides is 3. The average Bonchev–Trinajstić information content (AvgIpc) is 3.17. The zero-order valence-electron chi connectivity index (χ0n) is 17.1. The van der Waals surface area contributed by atoms with E-state index in [4.69, 9.17) is 11.6 Å². The molecule has 1 aromatic heterocycles. The molecule has 0 aliphatic carbocycles. The molecule has 1 amide bonds. The van der Waals surface area contributed by atoms with E-state index in [9.17, 15) is 22.4 Å². The molecule has 1 N–H and O–H groups in total. The van der Waals surface area contributed by atoms with Gasteiger partial charge in [0.05, 0.1) is 16.9 Å². The zero-order chi connectivity index (χ0) is 23.8. The summed E-state index contributed by atoms with van der Waals surface area (Å²) in [4.78, 5) is 12.8. The molecular weight excluding hydrogens is 458 g/mol. The molecule has 0 radical (unpaired) electrons. The van der Waals surface area contributed by atoms with Crippen LogP contribution in [0.25, 0.3) is 16.9 Å². The van der Waals surface area contributed by atoms with Gasteiger partial charge in [-0.1, -0.05) is 41.4 Å². The van der Waals surface area contributed by atoms with Crippen LogP contribution in [0.5, 0.6) is 0 Å². The quantitative estimate of drug-likeness (QED) is 0.327. The van der Waals surface area contributed by atoms with Crippen molar-refractivity contribution in [3.63, 3.8) is 0 Å². The maximum Gasteiger partial charge on any atom is 0.416 e. The molecule has 0 aliphatic rings. The topological polar surface area (TPSA) is 46.9 Å². The first kappa shape index (κ1) is 22.5. The van der Waals surface area contributed by atoms with Crippen molar-refractivity contribution in [3.8, 4) is 16.9 Å². The van der Waals surface area contributed by atoms with Gasteiger partial charge in [0, 0.05) is 22.2 Å². The summed E-state index contributed by atoms with van der Waals surface area (Å²) in [7, 11) is 0. The minimum atomic E-state index is -4.79.